The van der Waals surface area contributed by atoms with Gasteiger partial charge in [-0.15, -0.1) is 0 Å². The van der Waals surface area contributed by atoms with E-state index >= 15 is 0 Å². The summed E-state index contributed by atoms with van der Waals surface area (Å²) in [6, 6.07) is 1.62. The molecule has 0 radical (unpaired) electrons. The topological polar surface area (TPSA) is 47.0 Å². The van der Waals surface area contributed by atoms with E-state index in [9.17, 15) is 9.59 Å². The van der Waals surface area contributed by atoms with Gasteiger partial charge in [-0.25, -0.2) is 0 Å². The van der Waals surface area contributed by atoms with Gasteiger partial charge in [0, 0.05) is 36.4 Å². The Balaban J connectivity index is 3.01. The molecule has 0 aliphatic rings. The van der Waals surface area contributed by atoms with Crippen LogP contribution in [0.2, 0.25) is 0 Å². The second-order valence-electron chi connectivity index (χ2n) is 3.02. The van der Waals surface area contributed by atoms with Crippen molar-refractivity contribution in [3.63, 3.8) is 0 Å². The Bertz CT molecular complexity index is 327. The molecule has 0 aromatic carbocycles. The molecule has 1 heterocycles. The molecule has 1 rings (SSSR count). The highest BCUT2D eigenvalue weighted by Crippen LogP contribution is 2.07. The summed E-state index contributed by atoms with van der Waals surface area (Å²) in [6.07, 6.45) is 3.87. The van der Waals surface area contributed by atoms with Gasteiger partial charge < -0.3 is 0 Å². The van der Waals surface area contributed by atoms with E-state index in [0.717, 1.165) is 0 Å². The fourth-order valence-electron chi connectivity index (χ4n) is 1.15. The maximum atomic E-state index is 11.3. The number of aromatic nitrogens is 1. The van der Waals surface area contributed by atoms with Crippen molar-refractivity contribution in [3.8, 4) is 0 Å². The second-order valence-corrected chi connectivity index (χ2v) is 3.02. The van der Waals surface area contributed by atoms with Crippen LogP contribution in [0.3, 0.4) is 0 Å². The zero-order valence-corrected chi connectivity index (χ0v) is 8.41. The van der Waals surface area contributed by atoms with E-state index in [2.05, 4.69) is 4.98 Å². The maximum Gasteiger partial charge on any atom is 0.164 e. The molecule has 0 N–H and O–H groups in total. The Hall–Kier alpha value is -1.51. The number of Topliss-reactive ketones (excluding diaryl/α,β-unsaturated/α-hetero) is 2. The molecule has 1 aromatic rings. The van der Waals surface area contributed by atoms with Crippen LogP contribution in [-0.2, 0) is 0 Å². The van der Waals surface area contributed by atoms with Crippen molar-refractivity contribution in [2.75, 3.05) is 0 Å². The normalized spacial score (nSPS) is 9.86. The minimum absolute atomic E-state index is 0.0169. The molecule has 0 saturated heterocycles. The van der Waals surface area contributed by atoms with E-state index in [0.29, 0.717) is 24.0 Å². The predicted molar refractivity (Wildman–Crippen MR) is 53.5 cm³/mol. The second kappa shape index (κ2) is 4.65. The molecular formula is C11H13NO2. The zero-order chi connectivity index (χ0) is 10.6. The molecular weight excluding hydrogens is 178 g/mol. The van der Waals surface area contributed by atoms with Gasteiger partial charge in [-0.3, -0.25) is 14.6 Å². The van der Waals surface area contributed by atoms with Crippen LogP contribution in [0.5, 0.6) is 0 Å². The predicted octanol–water partition coefficient (Wildman–Crippen LogP) is 2.27. The van der Waals surface area contributed by atoms with Crippen LogP contribution in [0.15, 0.2) is 18.5 Å². The number of ketones is 2. The summed E-state index contributed by atoms with van der Waals surface area (Å²) >= 11 is 0. The summed E-state index contributed by atoms with van der Waals surface area (Å²) in [5, 5.41) is 0. The fourth-order valence-corrected chi connectivity index (χ4v) is 1.15. The molecule has 14 heavy (non-hydrogen) atoms. The molecule has 0 atom stereocenters. The Labute approximate surface area is 83.2 Å². The summed E-state index contributed by atoms with van der Waals surface area (Å²) in [5.41, 5.74) is 1.04. The molecule has 74 valence electrons. The van der Waals surface area contributed by atoms with E-state index in [1.54, 1.807) is 19.9 Å². The lowest BCUT2D eigenvalue weighted by Crippen LogP contribution is -2.03. The molecule has 0 saturated carbocycles. The molecule has 0 amide bonds. The SMILES string of the molecule is CCC(=O)c1cncc(C(=O)CC)c1. The van der Waals surface area contributed by atoms with Crippen LogP contribution in [-0.4, -0.2) is 16.6 Å². The van der Waals surface area contributed by atoms with Crippen molar-refractivity contribution in [2.45, 2.75) is 26.7 Å². The quantitative estimate of drug-likeness (QED) is 0.686. The monoisotopic (exact) mass is 191 g/mol. The standard InChI is InChI=1S/C11H13NO2/c1-3-10(13)8-5-9(7-12-6-8)11(14)4-2/h5-7H,3-4H2,1-2H3. The van der Waals surface area contributed by atoms with E-state index in [1.165, 1.54) is 12.4 Å². The van der Waals surface area contributed by atoms with Crippen molar-refractivity contribution in [3.05, 3.63) is 29.6 Å². The minimum Gasteiger partial charge on any atom is -0.294 e. The van der Waals surface area contributed by atoms with Gasteiger partial charge in [0.25, 0.3) is 0 Å². The molecule has 0 unspecified atom stereocenters. The molecule has 0 aliphatic heterocycles. The first-order valence-corrected chi connectivity index (χ1v) is 4.70. The van der Waals surface area contributed by atoms with E-state index in [-0.39, 0.29) is 11.6 Å². The highest BCUT2D eigenvalue weighted by Gasteiger charge is 2.08. The average molecular weight is 191 g/mol. The van der Waals surface area contributed by atoms with E-state index in [4.69, 9.17) is 0 Å². The summed E-state index contributed by atoms with van der Waals surface area (Å²) in [4.78, 5) is 26.5. The maximum absolute atomic E-state index is 11.3. The highest BCUT2D eigenvalue weighted by molar-refractivity contribution is 6.00. The third kappa shape index (κ3) is 2.25. The zero-order valence-electron chi connectivity index (χ0n) is 8.41. The van der Waals surface area contributed by atoms with Gasteiger partial charge in [-0.05, 0) is 6.07 Å². The van der Waals surface area contributed by atoms with Crippen LogP contribution in [0, 0.1) is 0 Å². The largest absolute Gasteiger partial charge is 0.294 e. The van der Waals surface area contributed by atoms with Gasteiger partial charge in [0.05, 0.1) is 0 Å². The molecule has 3 nitrogen and oxygen atoms in total. The first-order chi connectivity index (χ1) is 6.69. The van der Waals surface area contributed by atoms with Gasteiger partial charge >= 0.3 is 0 Å². The lowest BCUT2D eigenvalue weighted by atomic mass is 10.1. The molecule has 3 heteroatoms. The molecule has 1 aromatic heterocycles. The lowest BCUT2D eigenvalue weighted by molar-refractivity contribution is 0.0987. The molecule has 0 bridgehead atoms. The van der Waals surface area contributed by atoms with Gasteiger partial charge in [-0.2, -0.15) is 0 Å². The number of hydrogen-bond acceptors (Lipinski definition) is 3. The summed E-state index contributed by atoms with van der Waals surface area (Å²) in [5.74, 6) is 0.0338. The van der Waals surface area contributed by atoms with Crippen LogP contribution < -0.4 is 0 Å². The summed E-state index contributed by atoms with van der Waals surface area (Å²) in [7, 11) is 0. The first kappa shape index (κ1) is 10.6. The minimum atomic E-state index is 0.0169. The van der Waals surface area contributed by atoms with Gasteiger partial charge in [0.2, 0.25) is 0 Å². The number of carbonyl (C=O) groups is 2. The number of pyridine rings is 1. The van der Waals surface area contributed by atoms with Gasteiger partial charge in [-0.1, -0.05) is 13.8 Å². The molecule has 0 spiro atoms. The molecule has 0 aliphatic carbocycles. The van der Waals surface area contributed by atoms with E-state index < -0.39 is 0 Å². The third-order valence-electron chi connectivity index (χ3n) is 2.02. The Kier molecular flexibility index (Phi) is 3.51. The van der Waals surface area contributed by atoms with Crippen molar-refractivity contribution >= 4 is 11.6 Å². The van der Waals surface area contributed by atoms with Crippen LogP contribution in [0.25, 0.3) is 0 Å². The average Bonchev–Trinajstić information content (AvgIpc) is 2.27. The highest BCUT2D eigenvalue weighted by atomic mass is 16.1. The third-order valence-corrected chi connectivity index (χ3v) is 2.02. The van der Waals surface area contributed by atoms with Crippen LogP contribution in [0.1, 0.15) is 47.4 Å². The Morgan fingerprint density at radius 3 is 1.86 bits per heavy atom. The van der Waals surface area contributed by atoms with Crippen LogP contribution in [0.4, 0.5) is 0 Å². The van der Waals surface area contributed by atoms with Gasteiger partial charge in [0.15, 0.2) is 11.6 Å². The summed E-state index contributed by atoms with van der Waals surface area (Å²) < 4.78 is 0. The molecule has 0 fully saturated rings. The van der Waals surface area contributed by atoms with Crippen molar-refractivity contribution in [1.82, 2.24) is 4.98 Å². The van der Waals surface area contributed by atoms with Crippen molar-refractivity contribution in [2.24, 2.45) is 0 Å². The number of hydrogen-bond donors (Lipinski definition) is 0. The number of carbonyl (C=O) groups excluding carboxylic acids is 2. The smallest absolute Gasteiger partial charge is 0.164 e. The van der Waals surface area contributed by atoms with Crippen LogP contribution >= 0.6 is 0 Å². The lowest BCUT2D eigenvalue weighted by Gasteiger charge is -2.00. The van der Waals surface area contributed by atoms with Crippen molar-refractivity contribution < 1.29 is 9.59 Å². The number of nitrogens with zero attached hydrogens (tertiary/aromatic N) is 1. The van der Waals surface area contributed by atoms with Gasteiger partial charge in [0.1, 0.15) is 0 Å². The van der Waals surface area contributed by atoms with Crippen molar-refractivity contribution in [1.29, 1.82) is 0 Å². The fraction of sp³-hybridized carbons (Fsp3) is 0.364. The first-order valence-electron chi connectivity index (χ1n) is 4.70. The Morgan fingerprint density at radius 2 is 1.50 bits per heavy atom. The Morgan fingerprint density at radius 1 is 1.07 bits per heavy atom. The summed E-state index contributed by atoms with van der Waals surface area (Å²) in [6.45, 7) is 3.58. The van der Waals surface area contributed by atoms with E-state index in [1.807, 2.05) is 0 Å². The number of rotatable bonds is 4.